The summed E-state index contributed by atoms with van der Waals surface area (Å²) in [6.07, 6.45) is 1.25. The summed E-state index contributed by atoms with van der Waals surface area (Å²) >= 11 is 8.53. The molecule has 1 aliphatic rings. The predicted octanol–water partition coefficient (Wildman–Crippen LogP) is 6.26. The number of thiophene rings is 1. The number of aryl methyl sites for hydroxylation is 2. The molecule has 10 heteroatoms. The second-order valence-electron chi connectivity index (χ2n) is 9.02. The molecule has 1 atom stereocenters. The van der Waals surface area contributed by atoms with E-state index in [0.29, 0.717) is 35.4 Å². The van der Waals surface area contributed by atoms with Gasteiger partial charge in [-0.1, -0.05) is 59.3 Å². The van der Waals surface area contributed by atoms with E-state index in [-0.39, 0.29) is 16.7 Å². The number of benzene rings is 2. The first-order chi connectivity index (χ1) is 17.2. The lowest BCUT2D eigenvalue weighted by Crippen LogP contribution is -2.46. The second-order valence-corrected chi connectivity index (χ2v) is 13.9. The molecule has 0 radical (unpaired) electrons. The summed E-state index contributed by atoms with van der Waals surface area (Å²) in [4.78, 5) is 20.6. The molecule has 0 bridgehead atoms. The van der Waals surface area contributed by atoms with Crippen LogP contribution < -0.4 is 4.90 Å². The van der Waals surface area contributed by atoms with E-state index in [4.69, 9.17) is 16.6 Å². The number of thiazole rings is 1. The highest BCUT2D eigenvalue weighted by Crippen LogP contribution is 2.35. The van der Waals surface area contributed by atoms with Crippen LogP contribution in [-0.4, -0.2) is 36.7 Å². The van der Waals surface area contributed by atoms with E-state index in [2.05, 4.69) is 13.0 Å². The van der Waals surface area contributed by atoms with Crippen LogP contribution in [0.4, 0.5) is 5.13 Å². The van der Waals surface area contributed by atoms with Crippen LogP contribution in [0.1, 0.15) is 29.5 Å². The Labute approximate surface area is 224 Å². The van der Waals surface area contributed by atoms with Crippen molar-refractivity contribution in [2.24, 2.45) is 5.92 Å². The predicted molar refractivity (Wildman–Crippen MR) is 148 cm³/mol. The van der Waals surface area contributed by atoms with Crippen molar-refractivity contribution in [1.29, 1.82) is 0 Å². The minimum atomic E-state index is -3.70. The van der Waals surface area contributed by atoms with E-state index in [0.717, 1.165) is 38.2 Å². The van der Waals surface area contributed by atoms with Gasteiger partial charge in [-0.05, 0) is 61.6 Å². The maximum Gasteiger partial charge on any atom is 0.252 e. The summed E-state index contributed by atoms with van der Waals surface area (Å²) in [6.45, 7) is 5.01. The van der Waals surface area contributed by atoms with Gasteiger partial charge in [-0.15, -0.1) is 11.3 Å². The number of carbonyl (C=O) groups is 1. The Hall–Kier alpha value is -2.30. The van der Waals surface area contributed by atoms with Crippen molar-refractivity contribution in [1.82, 2.24) is 9.29 Å². The number of amides is 1. The molecule has 0 N–H and O–H groups in total. The lowest BCUT2D eigenvalue weighted by Gasteiger charge is -2.33. The van der Waals surface area contributed by atoms with Gasteiger partial charge in [-0.2, -0.15) is 4.31 Å². The zero-order valence-corrected chi connectivity index (χ0v) is 23.2. The average Bonchev–Trinajstić information content (AvgIpc) is 3.52. The monoisotopic (exact) mass is 559 g/mol. The molecular formula is C26H26ClN3O3S3. The van der Waals surface area contributed by atoms with Crippen LogP contribution in [0.15, 0.2) is 58.8 Å². The number of hydrogen-bond donors (Lipinski definition) is 0. The van der Waals surface area contributed by atoms with Gasteiger partial charge in [0.25, 0.3) is 10.0 Å². The Balaban J connectivity index is 1.47. The van der Waals surface area contributed by atoms with E-state index >= 15 is 0 Å². The third-order valence-electron chi connectivity index (χ3n) is 6.63. The van der Waals surface area contributed by atoms with Crippen molar-refractivity contribution in [3.05, 3.63) is 75.6 Å². The largest absolute Gasteiger partial charge is 0.283 e. The molecule has 1 saturated heterocycles. The molecule has 0 saturated carbocycles. The Morgan fingerprint density at radius 3 is 2.61 bits per heavy atom. The number of hydrogen-bond acceptors (Lipinski definition) is 6. The molecule has 1 fully saturated rings. The fourth-order valence-corrected chi connectivity index (χ4v) is 8.67. The molecule has 4 aromatic rings. The van der Waals surface area contributed by atoms with Crippen LogP contribution in [-0.2, 0) is 21.4 Å². The van der Waals surface area contributed by atoms with Crippen molar-refractivity contribution in [3.63, 3.8) is 0 Å². The first-order valence-electron chi connectivity index (χ1n) is 11.7. The normalized spacial score (nSPS) is 16.9. The summed E-state index contributed by atoms with van der Waals surface area (Å²) < 4.78 is 29.5. The summed E-state index contributed by atoms with van der Waals surface area (Å²) in [5.41, 5.74) is 4.16. The number of piperidine rings is 1. The van der Waals surface area contributed by atoms with Crippen molar-refractivity contribution in [2.75, 3.05) is 18.0 Å². The fourth-order valence-electron chi connectivity index (χ4n) is 4.48. The van der Waals surface area contributed by atoms with Gasteiger partial charge >= 0.3 is 0 Å². The summed E-state index contributed by atoms with van der Waals surface area (Å²) in [6, 6.07) is 17.1. The quantitative estimate of drug-likeness (QED) is 0.279. The molecule has 2 aromatic carbocycles. The number of fused-ring (bicyclic) bond motifs is 1. The second kappa shape index (κ2) is 10.2. The van der Waals surface area contributed by atoms with Gasteiger partial charge in [0.15, 0.2) is 5.13 Å². The van der Waals surface area contributed by atoms with Gasteiger partial charge in [-0.25, -0.2) is 13.4 Å². The summed E-state index contributed by atoms with van der Waals surface area (Å²) in [7, 11) is -3.70. The van der Waals surface area contributed by atoms with Crippen LogP contribution >= 0.6 is 34.3 Å². The first kappa shape index (κ1) is 25.4. The molecule has 1 unspecified atom stereocenters. The molecular weight excluding hydrogens is 534 g/mol. The molecule has 0 aliphatic carbocycles. The third-order valence-corrected chi connectivity index (χ3v) is 11.2. The van der Waals surface area contributed by atoms with Crippen molar-refractivity contribution >= 4 is 65.6 Å². The Morgan fingerprint density at radius 1 is 1.11 bits per heavy atom. The zero-order valence-electron chi connectivity index (χ0n) is 20.0. The number of anilines is 1. The smallest absolute Gasteiger partial charge is 0.252 e. The van der Waals surface area contributed by atoms with E-state index in [1.165, 1.54) is 21.7 Å². The number of aromatic nitrogens is 1. The van der Waals surface area contributed by atoms with E-state index in [9.17, 15) is 13.2 Å². The molecule has 36 heavy (non-hydrogen) atoms. The molecule has 0 spiro atoms. The van der Waals surface area contributed by atoms with Gasteiger partial charge in [0.05, 0.1) is 27.0 Å². The summed E-state index contributed by atoms with van der Waals surface area (Å²) in [5, 5.41) is 0.637. The lowest BCUT2D eigenvalue weighted by molar-refractivity contribution is -0.123. The first-order valence-corrected chi connectivity index (χ1v) is 15.2. The average molecular weight is 560 g/mol. The van der Waals surface area contributed by atoms with Crippen LogP contribution in [0.3, 0.4) is 0 Å². The van der Waals surface area contributed by atoms with Crippen LogP contribution in [0.5, 0.6) is 0 Å². The number of nitrogens with zero attached hydrogens (tertiary/aromatic N) is 3. The topological polar surface area (TPSA) is 70.6 Å². The van der Waals surface area contributed by atoms with Gasteiger partial charge in [-0.3, -0.25) is 9.69 Å². The lowest BCUT2D eigenvalue weighted by atomic mass is 9.98. The standard InChI is InChI=1S/C26H26ClN3O3S3/c1-17-10-11-21-24(18(17)2)28-26(34-21)30(15-19-7-4-3-5-8-19)25(31)20-9-6-14-29(16-20)36(32,33)23-13-12-22(27)35-23/h3-5,7-8,10-13,20H,6,9,14-16H2,1-2H3. The van der Waals surface area contributed by atoms with Crippen molar-refractivity contribution in [3.8, 4) is 0 Å². The Bertz CT molecular complexity index is 1520. The highest BCUT2D eigenvalue weighted by molar-refractivity contribution is 7.91. The Morgan fingerprint density at radius 2 is 1.89 bits per heavy atom. The van der Waals surface area contributed by atoms with Crippen molar-refractivity contribution in [2.45, 2.75) is 37.4 Å². The maximum atomic E-state index is 14.0. The highest BCUT2D eigenvalue weighted by Gasteiger charge is 2.37. The molecule has 2 aromatic heterocycles. The zero-order chi connectivity index (χ0) is 25.4. The number of rotatable bonds is 6. The van der Waals surface area contributed by atoms with Crippen molar-refractivity contribution < 1.29 is 13.2 Å². The molecule has 1 amide bonds. The van der Waals surface area contributed by atoms with Crippen LogP contribution in [0.2, 0.25) is 4.34 Å². The number of halogens is 1. The molecule has 188 valence electrons. The minimum absolute atomic E-state index is 0.101. The van der Waals surface area contributed by atoms with Gasteiger partial charge < -0.3 is 0 Å². The molecule has 5 rings (SSSR count). The van der Waals surface area contributed by atoms with Crippen LogP contribution in [0.25, 0.3) is 10.2 Å². The maximum absolute atomic E-state index is 14.0. The van der Waals surface area contributed by atoms with E-state index in [1.807, 2.05) is 43.3 Å². The number of carbonyl (C=O) groups excluding carboxylic acids is 1. The highest BCUT2D eigenvalue weighted by atomic mass is 35.5. The third kappa shape index (κ3) is 4.95. The summed E-state index contributed by atoms with van der Waals surface area (Å²) in [5.74, 6) is -0.557. The number of sulfonamides is 1. The SMILES string of the molecule is Cc1ccc2sc(N(Cc3ccccc3)C(=O)C3CCCN(S(=O)(=O)c4ccc(Cl)s4)C3)nc2c1C. The van der Waals surface area contributed by atoms with Gasteiger partial charge in [0.1, 0.15) is 4.21 Å². The van der Waals surface area contributed by atoms with E-state index < -0.39 is 15.9 Å². The fraction of sp³-hybridized carbons (Fsp3) is 0.308. The Kier molecular flexibility index (Phi) is 7.20. The molecule has 6 nitrogen and oxygen atoms in total. The van der Waals surface area contributed by atoms with Crippen LogP contribution in [0, 0.1) is 19.8 Å². The van der Waals surface area contributed by atoms with Gasteiger partial charge in [0, 0.05) is 13.1 Å². The minimum Gasteiger partial charge on any atom is -0.283 e. The van der Waals surface area contributed by atoms with E-state index in [1.54, 1.807) is 11.0 Å². The van der Waals surface area contributed by atoms with Gasteiger partial charge in [0.2, 0.25) is 5.91 Å². The molecule has 3 heterocycles. The molecule has 1 aliphatic heterocycles.